The number of benzene rings is 1. The van der Waals surface area contributed by atoms with E-state index >= 15 is 0 Å². The van der Waals surface area contributed by atoms with Gasteiger partial charge in [0.25, 0.3) is 5.91 Å². The minimum atomic E-state index is -4.72. The van der Waals surface area contributed by atoms with Gasteiger partial charge in [-0.2, -0.15) is 18.2 Å². The highest BCUT2D eigenvalue weighted by atomic mass is 19.4. The molecule has 2 rings (SSSR count). The van der Waals surface area contributed by atoms with Crippen LogP contribution in [0.25, 0.3) is 11.4 Å². The molecule has 1 aromatic carbocycles. The van der Waals surface area contributed by atoms with Crippen molar-refractivity contribution in [1.82, 2.24) is 15.5 Å². The molecule has 0 atom stereocenters. The molecule has 0 fully saturated rings. The van der Waals surface area contributed by atoms with Crippen LogP contribution in [0.4, 0.5) is 13.2 Å². The van der Waals surface area contributed by atoms with Gasteiger partial charge >= 0.3 is 12.1 Å². The van der Waals surface area contributed by atoms with Crippen molar-refractivity contribution in [2.75, 3.05) is 0 Å². The molecular weight excluding hydrogens is 327 g/mol. The van der Waals surface area contributed by atoms with Crippen molar-refractivity contribution in [1.29, 1.82) is 0 Å². The first-order valence-corrected chi connectivity index (χ1v) is 7.14. The monoisotopic (exact) mass is 341 g/mol. The van der Waals surface area contributed by atoms with Gasteiger partial charge in [0, 0.05) is 17.5 Å². The standard InChI is InChI=1S/C15H14F3N3O3/c1-3-8-7-9(12-20-14(24-21-12)15(16,17)18)5-6-10(8)13(23)19-11(22)4-2/h5-7H,3-4H2,1-2H3,(H,19,22,23). The Labute approximate surface area is 135 Å². The first-order chi connectivity index (χ1) is 11.3. The van der Waals surface area contributed by atoms with Gasteiger partial charge < -0.3 is 4.52 Å². The number of rotatable bonds is 4. The highest BCUT2D eigenvalue weighted by molar-refractivity contribution is 6.05. The Balaban J connectivity index is 2.33. The maximum atomic E-state index is 12.5. The molecule has 9 heteroatoms. The summed E-state index contributed by atoms with van der Waals surface area (Å²) >= 11 is 0. The van der Waals surface area contributed by atoms with Gasteiger partial charge in [0.05, 0.1) is 0 Å². The number of hydrogen-bond acceptors (Lipinski definition) is 5. The molecule has 1 N–H and O–H groups in total. The third-order valence-corrected chi connectivity index (χ3v) is 3.23. The molecule has 6 nitrogen and oxygen atoms in total. The fourth-order valence-corrected chi connectivity index (χ4v) is 1.99. The van der Waals surface area contributed by atoms with Crippen LogP contribution < -0.4 is 5.32 Å². The zero-order valence-electron chi connectivity index (χ0n) is 12.9. The van der Waals surface area contributed by atoms with Crippen LogP contribution >= 0.6 is 0 Å². The van der Waals surface area contributed by atoms with E-state index in [1.807, 2.05) is 0 Å². The van der Waals surface area contributed by atoms with Crippen LogP contribution in [-0.4, -0.2) is 22.0 Å². The number of aryl methyl sites for hydroxylation is 1. The lowest BCUT2D eigenvalue weighted by atomic mass is 10.0. The minimum Gasteiger partial charge on any atom is -0.329 e. The number of nitrogens with zero attached hydrogens (tertiary/aromatic N) is 2. The Morgan fingerprint density at radius 1 is 1.25 bits per heavy atom. The third-order valence-electron chi connectivity index (χ3n) is 3.23. The summed E-state index contributed by atoms with van der Waals surface area (Å²) in [6.45, 7) is 3.38. The van der Waals surface area contributed by atoms with Gasteiger partial charge in [0.15, 0.2) is 0 Å². The molecule has 24 heavy (non-hydrogen) atoms. The summed E-state index contributed by atoms with van der Waals surface area (Å²) in [4.78, 5) is 26.7. The molecule has 0 aliphatic carbocycles. The number of halogens is 3. The van der Waals surface area contributed by atoms with E-state index in [-0.39, 0.29) is 23.4 Å². The van der Waals surface area contributed by atoms with Gasteiger partial charge in [-0.25, -0.2) is 0 Å². The highest BCUT2D eigenvalue weighted by Gasteiger charge is 2.38. The molecule has 1 heterocycles. The van der Waals surface area contributed by atoms with Crippen molar-refractivity contribution in [3.8, 4) is 11.4 Å². The number of hydrogen-bond donors (Lipinski definition) is 1. The molecule has 0 saturated heterocycles. The summed E-state index contributed by atoms with van der Waals surface area (Å²) in [6, 6.07) is 4.31. The summed E-state index contributed by atoms with van der Waals surface area (Å²) in [7, 11) is 0. The summed E-state index contributed by atoms with van der Waals surface area (Å²) in [5.41, 5.74) is 1.10. The van der Waals surface area contributed by atoms with E-state index in [9.17, 15) is 22.8 Å². The van der Waals surface area contributed by atoms with Gasteiger partial charge in [-0.3, -0.25) is 14.9 Å². The fraction of sp³-hybridized carbons (Fsp3) is 0.333. The quantitative estimate of drug-likeness (QED) is 0.924. The topological polar surface area (TPSA) is 85.1 Å². The molecular formula is C15H14F3N3O3. The maximum Gasteiger partial charge on any atom is 0.471 e. The maximum absolute atomic E-state index is 12.5. The van der Waals surface area contributed by atoms with Crippen LogP contribution in [0.3, 0.4) is 0 Å². The van der Waals surface area contributed by atoms with E-state index in [0.717, 1.165) is 0 Å². The highest BCUT2D eigenvalue weighted by Crippen LogP contribution is 2.29. The molecule has 0 aliphatic rings. The lowest BCUT2D eigenvalue weighted by molar-refractivity contribution is -0.159. The van der Waals surface area contributed by atoms with Crippen molar-refractivity contribution >= 4 is 11.8 Å². The van der Waals surface area contributed by atoms with Crippen LogP contribution in [0.15, 0.2) is 22.7 Å². The van der Waals surface area contributed by atoms with Gasteiger partial charge in [-0.05, 0) is 24.1 Å². The van der Waals surface area contributed by atoms with Gasteiger partial charge in [-0.1, -0.05) is 25.1 Å². The van der Waals surface area contributed by atoms with Crippen LogP contribution in [0.1, 0.15) is 42.1 Å². The number of carbonyl (C=O) groups excluding carboxylic acids is 2. The zero-order chi connectivity index (χ0) is 17.9. The lowest BCUT2D eigenvalue weighted by Crippen LogP contribution is -2.30. The Bertz CT molecular complexity index is 769. The van der Waals surface area contributed by atoms with Gasteiger partial charge in [0.2, 0.25) is 11.7 Å². The summed E-state index contributed by atoms with van der Waals surface area (Å²) in [6.07, 6.45) is -4.13. The lowest BCUT2D eigenvalue weighted by Gasteiger charge is -2.09. The third kappa shape index (κ3) is 3.79. The summed E-state index contributed by atoms with van der Waals surface area (Å²) in [5.74, 6) is -2.65. The molecule has 2 aromatic rings. The number of nitrogens with one attached hydrogen (secondary N) is 1. The van der Waals surface area contributed by atoms with Crippen LogP contribution in [0, 0.1) is 0 Å². The molecule has 2 amide bonds. The first kappa shape index (κ1) is 17.6. The van der Waals surface area contributed by atoms with E-state index in [4.69, 9.17) is 0 Å². The van der Waals surface area contributed by atoms with E-state index in [1.165, 1.54) is 18.2 Å². The summed E-state index contributed by atoms with van der Waals surface area (Å²) < 4.78 is 41.7. The van der Waals surface area contributed by atoms with Crippen molar-refractivity contribution in [2.24, 2.45) is 0 Å². The first-order valence-electron chi connectivity index (χ1n) is 7.14. The Hall–Kier alpha value is -2.71. The molecule has 0 aliphatic heterocycles. The number of amides is 2. The Morgan fingerprint density at radius 2 is 1.96 bits per heavy atom. The van der Waals surface area contributed by atoms with E-state index < -0.39 is 23.9 Å². The molecule has 0 unspecified atom stereocenters. The SMILES string of the molecule is CCC(=O)NC(=O)c1ccc(-c2noc(C(F)(F)F)n2)cc1CC. The molecule has 1 aromatic heterocycles. The van der Waals surface area contributed by atoms with Gasteiger partial charge in [-0.15, -0.1) is 0 Å². The predicted octanol–water partition coefficient (Wildman–Crippen LogP) is 2.98. The summed E-state index contributed by atoms with van der Waals surface area (Å²) in [5, 5.41) is 5.53. The van der Waals surface area contributed by atoms with Gasteiger partial charge in [0.1, 0.15) is 0 Å². The Morgan fingerprint density at radius 3 is 2.50 bits per heavy atom. The number of carbonyl (C=O) groups is 2. The number of imide groups is 1. The van der Waals surface area contributed by atoms with Crippen molar-refractivity contribution in [3.05, 3.63) is 35.2 Å². The fourth-order valence-electron chi connectivity index (χ4n) is 1.99. The normalized spacial score (nSPS) is 11.4. The average molecular weight is 341 g/mol. The van der Waals surface area contributed by atoms with E-state index in [1.54, 1.807) is 13.8 Å². The minimum absolute atomic E-state index is 0.161. The molecule has 128 valence electrons. The second-order valence-corrected chi connectivity index (χ2v) is 4.88. The van der Waals surface area contributed by atoms with Crippen LogP contribution in [0.5, 0.6) is 0 Å². The molecule has 0 spiro atoms. The van der Waals surface area contributed by atoms with Crippen molar-refractivity contribution in [3.63, 3.8) is 0 Å². The number of aromatic nitrogens is 2. The zero-order valence-corrected chi connectivity index (χ0v) is 12.9. The predicted molar refractivity (Wildman–Crippen MR) is 76.9 cm³/mol. The van der Waals surface area contributed by atoms with Crippen LogP contribution in [-0.2, 0) is 17.4 Å². The second-order valence-electron chi connectivity index (χ2n) is 4.88. The average Bonchev–Trinajstić information content (AvgIpc) is 3.04. The Kier molecular flexibility index (Phi) is 5.01. The molecule has 0 radical (unpaired) electrons. The smallest absolute Gasteiger partial charge is 0.329 e. The van der Waals surface area contributed by atoms with E-state index in [2.05, 4.69) is 20.0 Å². The van der Waals surface area contributed by atoms with Crippen molar-refractivity contribution in [2.45, 2.75) is 32.9 Å². The number of alkyl halides is 3. The second kappa shape index (κ2) is 6.81. The van der Waals surface area contributed by atoms with E-state index in [0.29, 0.717) is 12.0 Å². The molecule has 0 bridgehead atoms. The largest absolute Gasteiger partial charge is 0.471 e. The molecule has 0 saturated carbocycles. The van der Waals surface area contributed by atoms with Crippen LogP contribution in [0.2, 0.25) is 0 Å². The van der Waals surface area contributed by atoms with Crippen molar-refractivity contribution < 1.29 is 27.3 Å².